The fraction of sp³-hybridized carbons (Fsp3) is 0.364. The first-order chi connectivity index (χ1) is 8.53. The number of fused-ring (bicyclic) bond motifs is 1. The molecule has 0 fully saturated rings. The molecule has 1 unspecified atom stereocenters. The van der Waals surface area contributed by atoms with E-state index in [-0.39, 0.29) is 4.90 Å². The average molecular weight is 268 g/mol. The molecule has 1 atom stereocenters. The van der Waals surface area contributed by atoms with E-state index in [0.717, 1.165) is 0 Å². The quantitative estimate of drug-likeness (QED) is 0.869. The third-order valence-electron chi connectivity index (χ3n) is 2.35. The Morgan fingerprint density at radius 2 is 2.00 bits per heavy atom. The Hall–Kier alpha value is -1.78. The summed E-state index contributed by atoms with van der Waals surface area (Å²) in [6.07, 6.45) is 0. The number of nitrogens with zero attached hydrogens (tertiary/aromatic N) is 1. The van der Waals surface area contributed by atoms with Gasteiger partial charge < -0.3 is 9.47 Å². The maximum Gasteiger partial charge on any atom is 0.241 e. The molecule has 96 valence electrons. The van der Waals surface area contributed by atoms with Gasteiger partial charge in [-0.15, -0.1) is 0 Å². The van der Waals surface area contributed by atoms with Crippen molar-refractivity contribution in [1.82, 2.24) is 4.72 Å². The number of nitrogens with one attached hydrogen (secondary N) is 1. The van der Waals surface area contributed by atoms with Gasteiger partial charge in [0, 0.05) is 6.07 Å². The Kier molecular flexibility index (Phi) is 3.41. The van der Waals surface area contributed by atoms with E-state index in [1.165, 1.54) is 19.1 Å². The Balaban J connectivity index is 2.31. The standard InChI is InChI=1S/C11H12N2O4S/c1-8(7-12)13-18(14,15)9-2-3-10-11(6-9)17-5-4-16-10/h2-3,6,8,13H,4-5H2,1H3. The van der Waals surface area contributed by atoms with Crippen LogP contribution in [0.15, 0.2) is 23.1 Å². The summed E-state index contributed by atoms with van der Waals surface area (Å²) in [7, 11) is -3.71. The van der Waals surface area contributed by atoms with Crippen LogP contribution >= 0.6 is 0 Å². The molecule has 6 nitrogen and oxygen atoms in total. The van der Waals surface area contributed by atoms with Gasteiger partial charge in [-0.1, -0.05) is 0 Å². The van der Waals surface area contributed by atoms with E-state index >= 15 is 0 Å². The first kappa shape index (κ1) is 12.7. The molecule has 0 bridgehead atoms. The monoisotopic (exact) mass is 268 g/mol. The number of hydrogen-bond acceptors (Lipinski definition) is 5. The van der Waals surface area contributed by atoms with E-state index in [1.807, 2.05) is 0 Å². The molecule has 1 N–H and O–H groups in total. The third-order valence-corrected chi connectivity index (χ3v) is 3.89. The minimum Gasteiger partial charge on any atom is -0.486 e. The van der Waals surface area contributed by atoms with Crippen molar-refractivity contribution in [2.75, 3.05) is 13.2 Å². The molecule has 18 heavy (non-hydrogen) atoms. The molecule has 0 aromatic heterocycles. The van der Waals surface area contributed by atoms with Gasteiger partial charge in [-0.05, 0) is 19.1 Å². The van der Waals surface area contributed by atoms with Gasteiger partial charge in [-0.2, -0.15) is 9.98 Å². The van der Waals surface area contributed by atoms with Crippen LogP contribution in [0.1, 0.15) is 6.92 Å². The lowest BCUT2D eigenvalue weighted by atomic mass is 10.3. The summed E-state index contributed by atoms with van der Waals surface area (Å²) in [5.74, 6) is 0.919. The third kappa shape index (κ3) is 2.55. The number of hydrogen-bond donors (Lipinski definition) is 1. The number of rotatable bonds is 3. The van der Waals surface area contributed by atoms with Crippen LogP contribution in [0.5, 0.6) is 11.5 Å². The number of sulfonamides is 1. The molecule has 0 saturated carbocycles. The Morgan fingerprint density at radius 1 is 1.33 bits per heavy atom. The van der Waals surface area contributed by atoms with Crippen LogP contribution in [0.2, 0.25) is 0 Å². The Labute approximate surface area is 105 Å². The van der Waals surface area contributed by atoms with E-state index in [4.69, 9.17) is 14.7 Å². The molecule has 0 spiro atoms. The summed E-state index contributed by atoms with van der Waals surface area (Å²) in [5.41, 5.74) is 0. The SMILES string of the molecule is CC(C#N)NS(=O)(=O)c1ccc2c(c1)OCCO2. The predicted octanol–water partition coefficient (Wildman–Crippen LogP) is 0.648. The molecule has 0 amide bonds. The normalized spacial score (nSPS) is 15.8. The van der Waals surface area contributed by atoms with Crippen molar-refractivity contribution < 1.29 is 17.9 Å². The van der Waals surface area contributed by atoms with Gasteiger partial charge in [-0.25, -0.2) is 8.42 Å². The highest BCUT2D eigenvalue weighted by Gasteiger charge is 2.20. The van der Waals surface area contributed by atoms with Crippen LogP contribution in [-0.4, -0.2) is 27.7 Å². The molecule has 7 heteroatoms. The van der Waals surface area contributed by atoms with Gasteiger partial charge in [-0.3, -0.25) is 0 Å². The molecule has 1 aliphatic heterocycles. The minimum atomic E-state index is -3.71. The lowest BCUT2D eigenvalue weighted by Crippen LogP contribution is -2.31. The van der Waals surface area contributed by atoms with Crippen molar-refractivity contribution in [3.8, 4) is 17.6 Å². The first-order valence-corrected chi connectivity index (χ1v) is 6.83. The van der Waals surface area contributed by atoms with Crippen LogP contribution in [0.4, 0.5) is 0 Å². The topological polar surface area (TPSA) is 88.4 Å². The van der Waals surface area contributed by atoms with Gasteiger partial charge in [0.05, 0.1) is 11.0 Å². The summed E-state index contributed by atoms with van der Waals surface area (Å²) in [5, 5.41) is 8.62. The van der Waals surface area contributed by atoms with Gasteiger partial charge in [0.2, 0.25) is 10.0 Å². The van der Waals surface area contributed by atoms with Crippen LogP contribution in [0.3, 0.4) is 0 Å². The fourth-order valence-electron chi connectivity index (χ4n) is 1.52. The molecule has 1 heterocycles. The van der Waals surface area contributed by atoms with Crippen molar-refractivity contribution in [3.05, 3.63) is 18.2 Å². The summed E-state index contributed by atoms with van der Waals surface area (Å²) < 4.78 is 36.7. The highest BCUT2D eigenvalue weighted by atomic mass is 32.2. The Bertz CT molecular complexity index is 592. The van der Waals surface area contributed by atoms with Gasteiger partial charge in [0.1, 0.15) is 19.3 Å². The van der Waals surface area contributed by atoms with Gasteiger partial charge >= 0.3 is 0 Å². The zero-order chi connectivity index (χ0) is 13.2. The minimum absolute atomic E-state index is 0.0499. The molecule has 1 aliphatic rings. The molecule has 0 radical (unpaired) electrons. The summed E-state index contributed by atoms with van der Waals surface area (Å²) in [6, 6.07) is 5.37. The molecule has 1 aromatic carbocycles. The van der Waals surface area contributed by atoms with E-state index in [2.05, 4.69) is 4.72 Å². The molecule has 0 aliphatic carbocycles. The highest BCUT2D eigenvalue weighted by Crippen LogP contribution is 2.32. The average Bonchev–Trinajstić information content (AvgIpc) is 2.37. The molecule has 2 rings (SSSR count). The van der Waals surface area contributed by atoms with Crippen molar-refractivity contribution in [1.29, 1.82) is 5.26 Å². The molecule has 0 saturated heterocycles. The fourth-order valence-corrected chi connectivity index (χ4v) is 2.68. The number of nitriles is 1. The van der Waals surface area contributed by atoms with Crippen LogP contribution in [0, 0.1) is 11.3 Å². The zero-order valence-corrected chi connectivity index (χ0v) is 10.5. The lowest BCUT2D eigenvalue weighted by molar-refractivity contribution is 0.171. The molecular formula is C11H12N2O4S. The van der Waals surface area contributed by atoms with Crippen LogP contribution in [-0.2, 0) is 10.0 Å². The molecule has 1 aromatic rings. The summed E-state index contributed by atoms with van der Waals surface area (Å²) in [4.78, 5) is 0.0499. The highest BCUT2D eigenvalue weighted by molar-refractivity contribution is 7.89. The smallest absolute Gasteiger partial charge is 0.241 e. The summed E-state index contributed by atoms with van der Waals surface area (Å²) in [6.45, 7) is 2.30. The Morgan fingerprint density at radius 3 is 2.67 bits per heavy atom. The summed E-state index contributed by atoms with van der Waals surface area (Å²) >= 11 is 0. The number of benzene rings is 1. The van der Waals surface area contributed by atoms with Crippen molar-refractivity contribution in [2.24, 2.45) is 0 Å². The van der Waals surface area contributed by atoms with Crippen LogP contribution < -0.4 is 14.2 Å². The predicted molar refractivity (Wildman–Crippen MR) is 62.8 cm³/mol. The van der Waals surface area contributed by atoms with Gasteiger partial charge in [0.25, 0.3) is 0 Å². The van der Waals surface area contributed by atoms with E-state index < -0.39 is 16.1 Å². The maximum atomic E-state index is 11.9. The number of ether oxygens (including phenoxy) is 2. The second-order valence-corrected chi connectivity index (χ2v) is 5.49. The maximum absolute atomic E-state index is 11.9. The second-order valence-electron chi connectivity index (χ2n) is 3.78. The lowest BCUT2D eigenvalue weighted by Gasteiger charge is -2.19. The second kappa shape index (κ2) is 4.84. The largest absolute Gasteiger partial charge is 0.486 e. The van der Waals surface area contributed by atoms with Gasteiger partial charge in [0.15, 0.2) is 11.5 Å². The van der Waals surface area contributed by atoms with Crippen molar-refractivity contribution in [3.63, 3.8) is 0 Å². The van der Waals surface area contributed by atoms with Crippen molar-refractivity contribution in [2.45, 2.75) is 17.9 Å². The molecular weight excluding hydrogens is 256 g/mol. The van der Waals surface area contributed by atoms with Crippen molar-refractivity contribution >= 4 is 10.0 Å². The van der Waals surface area contributed by atoms with E-state index in [1.54, 1.807) is 12.1 Å². The van der Waals surface area contributed by atoms with E-state index in [9.17, 15) is 8.42 Å². The van der Waals surface area contributed by atoms with E-state index in [0.29, 0.717) is 24.7 Å². The first-order valence-electron chi connectivity index (χ1n) is 5.34. The van der Waals surface area contributed by atoms with Crippen LogP contribution in [0.25, 0.3) is 0 Å². The zero-order valence-electron chi connectivity index (χ0n) is 9.71.